The smallest absolute Gasteiger partial charge is 0.123 e. The van der Waals surface area contributed by atoms with Gasteiger partial charge in [0.2, 0.25) is 0 Å². The first-order chi connectivity index (χ1) is 8.84. The van der Waals surface area contributed by atoms with Gasteiger partial charge in [-0.3, -0.25) is 0 Å². The van der Waals surface area contributed by atoms with Crippen LogP contribution in [0.1, 0.15) is 28.8 Å². The number of thiazole rings is 1. The van der Waals surface area contributed by atoms with Gasteiger partial charge >= 0.3 is 0 Å². The van der Waals surface area contributed by atoms with Crippen LogP contribution in [0.15, 0.2) is 35.8 Å². The SMILES string of the molecule is Fc1cccc(C2CNCCC2c2nccs2)c1. The quantitative estimate of drug-likeness (QED) is 0.899. The summed E-state index contributed by atoms with van der Waals surface area (Å²) >= 11 is 1.70. The summed E-state index contributed by atoms with van der Waals surface area (Å²) in [6.07, 6.45) is 2.92. The summed E-state index contributed by atoms with van der Waals surface area (Å²) in [6, 6.07) is 6.95. The van der Waals surface area contributed by atoms with Crippen molar-refractivity contribution in [3.63, 3.8) is 0 Å². The van der Waals surface area contributed by atoms with E-state index >= 15 is 0 Å². The highest BCUT2D eigenvalue weighted by Gasteiger charge is 2.29. The largest absolute Gasteiger partial charge is 0.316 e. The summed E-state index contributed by atoms with van der Waals surface area (Å²) in [6.45, 7) is 1.91. The first-order valence-electron chi connectivity index (χ1n) is 6.20. The molecule has 4 heteroatoms. The number of rotatable bonds is 2. The standard InChI is InChI=1S/C14H15FN2S/c15-11-3-1-2-10(8-11)13-9-16-5-4-12(13)14-17-6-7-18-14/h1-3,6-8,12-13,16H,4-5,9H2. The second-order valence-electron chi connectivity index (χ2n) is 4.63. The lowest BCUT2D eigenvalue weighted by Gasteiger charge is -2.31. The van der Waals surface area contributed by atoms with Gasteiger partial charge in [-0.15, -0.1) is 11.3 Å². The van der Waals surface area contributed by atoms with Crippen molar-refractivity contribution in [2.75, 3.05) is 13.1 Å². The van der Waals surface area contributed by atoms with E-state index in [0.717, 1.165) is 25.1 Å². The van der Waals surface area contributed by atoms with Gasteiger partial charge in [0.15, 0.2) is 0 Å². The van der Waals surface area contributed by atoms with Crippen molar-refractivity contribution in [1.82, 2.24) is 10.3 Å². The summed E-state index contributed by atoms with van der Waals surface area (Å²) in [5.41, 5.74) is 1.07. The molecule has 0 aliphatic carbocycles. The summed E-state index contributed by atoms with van der Waals surface area (Å²) in [5.74, 6) is 0.574. The third kappa shape index (κ3) is 2.31. The second-order valence-corrected chi connectivity index (χ2v) is 5.56. The zero-order chi connectivity index (χ0) is 12.4. The van der Waals surface area contributed by atoms with Crippen molar-refractivity contribution in [1.29, 1.82) is 0 Å². The van der Waals surface area contributed by atoms with Crippen LogP contribution in [0.25, 0.3) is 0 Å². The second kappa shape index (κ2) is 5.16. The zero-order valence-corrected chi connectivity index (χ0v) is 10.8. The number of hydrogen-bond acceptors (Lipinski definition) is 3. The van der Waals surface area contributed by atoms with Crippen LogP contribution in [0, 0.1) is 5.82 Å². The average Bonchev–Trinajstić information content (AvgIpc) is 2.92. The van der Waals surface area contributed by atoms with E-state index in [0.29, 0.717) is 11.8 Å². The summed E-state index contributed by atoms with van der Waals surface area (Å²) in [4.78, 5) is 4.44. The number of hydrogen-bond donors (Lipinski definition) is 1. The Morgan fingerprint density at radius 1 is 1.33 bits per heavy atom. The molecular formula is C14H15FN2S. The lowest BCUT2D eigenvalue weighted by Crippen LogP contribution is -2.34. The molecule has 0 saturated carbocycles. The molecule has 94 valence electrons. The predicted octanol–water partition coefficient (Wildman–Crippen LogP) is 3.14. The van der Waals surface area contributed by atoms with Crippen molar-refractivity contribution >= 4 is 11.3 Å². The van der Waals surface area contributed by atoms with Crippen molar-refractivity contribution in [2.45, 2.75) is 18.3 Å². The predicted molar refractivity (Wildman–Crippen MR) is 71.5 cm³/mol. The summed E-state index contributed by atoms with van der Waals surface area (Å²) in [5, 5.41) is 6.59. The van der Waals surface area contributed by atoms with Crippen LogP contribution in [0.3, 0.4) is 0 Å². The Morgan fingerprint density at radius 3 is 3.06 bits per heavy atom. The molecule has 1 aliphatic heterocycles. The molecule has 3 rings (SSSR count). The fourth-order valence-corrected chi connectivity index (χ4v) is 3.50. The van der Waals surface area contributed by atoms with Crippen LogP contribution in [0.2, 0.25) is 0 Å². The lowest BCUT2D eigenvalue weighted by atomic mass is 9.82. The van der Waals surface area contributed by atoms with Crippen molar-refractivity contribution in [3.8, 4) is 0 Å². The number of piperidine rings is 1. The van der Waals surface area contributed by atoms with Crippen molar-refractivity contribution in [3.05, 3.63) is 52.2 Å². The van der Waals surface area contributed by atoms with Gasteiger partial charge in [0.1, 0.15) is 5.82 Å². The maximum absolute atomic E-state index is 13.4. The number of nitrogens with one attached hydrogen (secondary N) is 1. The Balaban J connectivity index is 1.93. The van der Waals surface area contributed by atoms with Crippen molar-refractivity contribution < 1.29 is 4.39 Å². The molecular weight excluding hydrogens is 247 g/mol. The van der Waals surface area contributed by atoms with Crippen LogP contribution in [-0.4, -0.2) is 18.1 Å². The monoisotopic (exact) mass is 262 g/mol. The van der Waals surface area contributed by atoms with E-state index in [2.05, 4.69) is 10.3 Å². The molecule has 0 radical (unpaired) electrons. The Bertz CT molecular complexity index is 512. The molecule has 0 spiro atoms. The van der Waals surface area contributed by atoms with E-state index in [9.17, 15) is 4.39 Å². The highest BCUT2D eigenvalue weighted by Crippen LogP contribution is 2.38. The van der Waals surface area contributed by atoms with Gasteiger partial charge < -0.3 is 5.32 Å². The van der Waals surface area contributed by atoms with E-state index < -0.39 is 0 Å². The Labute approximate surface area is 110 Å². The molecule has 2 heterocycles. The van der Waals surface area contributed by atoms with Crippen LogP contribution in [0.4, 0.5) is 4.39 Å². The molecule has 2 aromatic rings. The van der Waals surface area contributed by atoms with Gasteiger partial charge in [-0.1, -0.05) is 12.1 Å². The minimum Gasteiger partial charge on any atom is -0.316 e. The van der Waals surface area contributed by atoms with Crippen LogP contribution in [0.5, 0.6) is 0 Å². The molecule has 1 aromatic heterocycles. The summed E-state index contributed by atoms with van der Waals surface area (Å²) < 4.78 is 13.4. The first-order valence-corrected chi connectivity index (χ1v) is 7.08. The topological polar surface area (TPSA) is 24.9 Å². The number of aromatic nitrogens is 1. The van der Waals surface area contributed by atoms with E-state index in [1.165, 1.54) is 11.1 Å². The molecule has 1 saturated heterocycles. The Hall–Kier alpha value is -1.26. The van der Waals surface area contributed by atoms with E-state index in [4.69, 9.17) is 0 Å². The molecule has 1 fully saturated rings. The molecule has 1 aliphatic rings. The molecule has 1 N–H and O–H groups in total. The minimum atomic E-state index is -0.157. The van der Waals surface area contributed by atoms with Gasteiger partial charge in [-0.25, -0.2) is 9.37 Å². The Morgan fingerprint density at radius 2 is 2.28 bits per heavy atom. The fourth-order valence-electron chi connectivity index (χ4n) is 2.66. The molecule has 2 atom stereocenters. The molecule has 0 amide bonds. The highest BCUT2D eigenvalue weighted by atomic mass is 32.1. The number of halogens is 1. The fraction of sp³-hybridized carbons (Fsp3) is 0.357. The van der Waals surface area contributed by atoms with Crippen molar-refractivity contribution in [2.24, 2.45) is 0 Å². The summed E-state index contributed by atoms with van der Waals surface area (Å²) in [7, 11) is 0. The van der Waals surface area contributed by atoms with Gasteiger partial charge in [-0.2, -0.15) is 0 Å². The molecule has 0 bridgehead atoms. The van der Waals surface area contributed by atoms with Crippen LogP contribution >= 0.6 is 11.3 Å². The third-order valence-corrected chi connectivity index (χ3v) is 4.43. The van der Waals surface area contributed by atoms with Gasteiger partial charge in [0, 0.05) is 30.0 Å². The lowest BCUT2D eigenvalue weighted by molar-refractivity contribution is 0.402. The maximum atomic E-state index is 13.4. The zero-order valence-electron chi connectivity index (χ0n) is 9.97. The normalized spacial score (nSPS) is 24.1. The van der Waals surface area contributed by atoms with Gasteiger partial charge in [-0.05, 0) is 30.7 Å². The maximum Gasteiger partial charge on any atom is 0.123 e. The van der Waals surface area contributed by atoms with E-state index in [1.54, 1.807) is 23.5 Å². The van der Waals surface area contributed by atoms with Gasteiger partial charge in [0.05, 0.1) is 5.01 Å². The highest BCUT2D eigenvalue weighted by molar-refractivity contribution is 7.09. The molecule has 2 unspecified atom stereocenters. The third-order valence-electron chi connectivity index (χ3n) is 3.53. The first kappa shape index (κ1) is 11.8. The van der Waals surface area contributed by atoms with E-state index in [-0.39, 0.29) is 5.82 Å². The molecule has 2 nitrogen and oxygen atoms in total. The molecule has 1 aromatic carbocycles. The molecule has 18 heavy (non-hydrogen) atoms. The van der Waals surface area contributed by atoms with Gasteiger partial charge in [0.25, 0.3) is 0 Å². The number of nitrogens with zero attached hydrogens (tertiary/aromatic N) is 1. The van der Waals surface area contributed by atoms with Crippen LogP contribution < -0.4 is 5.32 Å². The average molecular weight is 262 g/mol. The van der Waals surface area contributed by atoms with Crippen LogP contribution in [-0.2, 0) is 0 Å². The Kier molecular flexibility index (Phi) is 3.39. The number of benzene rings is 1. The minimum absolute atomic E-state index is 0.157. The van der Waals surface area contributed by atoms with E-state index in [1.807, 2.05) is 17.6 Å².